The first-order valence-electron chi connectivity index (χ1n) is 7.75. The summed E-state index contributed by atoms with van der Waals surface area (Å²) in [6.45, 7) is 4.56. The van der Waals surface area contributed by atoms with Crippen molar-refractivity contribution in [1.82, 2.24) is 4.98 Å². The largest absolute Gasteiger partial charge is 0.476 e. The minimum Gasteiger partial charge on any atom is -0.476 e. The van der Waals surface area contributed by atoms with Crippen LogP contribution in [0, 0.1) is 0 Å². The van der Waals surface area contributed by atoms with Crippen LogP contribution in [0.5, 0.6) is 5.75 Å². The van der Waals surface area contributed by atoms with Crippen molar-refractivity contribution >= 4 is 40.9 Å². The Labute approximate surface area is 161 Å². The van der Waals surface area contributed by atoms with Crippen molar-refractivity contribution in [2.24, 2.45) is 0 Å². The van der Waals surface area contributed by atoms with Gasteiger partial charge in [-0.3, -0.25) is 4.79 Å². The maximum absolute atomic E-state index is 12.4. The van der Waals surface area contributed by atoms with E-state index < -0.39 is 23.6 Å². The van der Waals surface area contributed by atoms with Crippen LogP contribution in [0.3, 0.4) is 0 Å². The van der Waals surface area contributed by atoms with Gasteiger partial charge in [-0.15, -0.1) is 0 Å². The lowest BCUT2D eigenvalue weighted by molar-refractivity contribution is -0.166. The Kier molecular flexibility index (Phi) is 6.45. The number of carbonyl (C=O) groups excluding carboxylic acids is 2. The van der Waals surface area contributed by atoms with Gasteiger partial charge in [0.1, 0.15) is 11.6 Å². The molecule has 1 atom stereocenters. The Morgan fingerprint density at radius 1 is 1.08 bits per heavy atom. The summed E-state index contributed by atoms with van der Waals surface area (Å²) in [7, 11) is 0. The second-order valence-corrected chi connectivity index (χ2v) is 6.84. The number of nitrogens with one attached hydrogen (secondary N) is 1. The van der Waals surface area contributed by atoms with Crippen LogP contribution in [-0.2, 0) is 14.3 Å². The van der Waals surface area contributed by atoms with Crippen LogP contribution in [0.15, 0.2) is 42.6 Å². The molecule has 0 fully saturated rings. The number of hydrogen-bond acceptors (Lipinski definition) is 5. The molecule has 138 valence electrons. The number of hydrogen-bond donors (Lipinski definition) is 1. The van der Waals surface area contributed by atoms with E-state index in [0.29, 0.717) is 21.6 Å². The third-order valence-electron chi connectivity index (χ3n) is 3.31. The Morgan fingerprint density at radius 2 is 1.69 bits per heavy atom. The number of benzene rings is 1. The second-order valence-electron chi connectivity index (χ2n) is 5.96. The molecular weight excluding hydrogens is 379 g/mol. The van der Waals surface area contributed by atoms with E-state index >= 15 is 0 Å². The normalized spacial score (nSPS) is 12.2. The molecule has 8 heteroatoms. The Bertz CT molecular complexity index is 777. The number of pyridine rings is 1. The van der Waals surface area contributed by atoms with E-state index in [1.807, 2.05) is 0 Å². The van der Waals surface area contributed by atoms with Crippen LogP contribution in [0.1, 0.15) is 20.8 Å². The molecule has 0 saturated carbocycles. The molecule has 0 aliphatic rings. The molecule has 2 aromatic rings. The fourth-order valence-electron chi connectivity index (χ4n) is 1.87. The smallest absolute Gasteiger partial charge is 0.350 e. The standard InChI is InChI=1S/C18H18Cl2N2O4/c1-11(16(23)22-15-9-6-13(20)10-21-15)25-17(24)18(2,3)26-14-7-4-12(19)5-8-14/h4-11H,1-3H3,(H,21,22,23)/t11-/m0/s1. The van der Waals surface area contributed by atoms with Gasteiger partial charge in [-0.25, -0.2) is 9.78 Å². The number of halogens is 2. The van der Waals surface area contributed by atoms with Gasteiger partial charge in [-0.1, -0.05) is 23.2 Å². The van der Waals surface area contributed by atoms with E-state index in [1.165, 1.54) is 13.1 Å². The summed E-state index contributed by atoms with van der Waals surface area (Å²) in [6, 6.07) is 9.70. The van der Waals surface area contributed by atoms with E-state index in [4.69, 9.17) is 32.7 Å². The van der Waals surface area contributed by atoms with Crippen LogP contribution >= 0.6 is 23.2 Å². The number of nitrogens with zero attached hydrogens (tertiary/aromatic N) is 1. The Hall–Kier alpha value is -2.31. The van der Waals surface area contributed by atoms with E-state index in [2.05, 4.69) is 10.3 Å². The lowest BCUT2D eigenvalue weighted by atomic mass is 10.1. The molecule has 1 heterocycles. The molecule has 1 aromatic carbocycles. The first-order valence-corrected chi connectivity index (χ1v) is 8.51. The molecule has 0 aliphatic heterocycles. The number of anilines is 1. The first-order chi connectivity index (χ1) is 12.2. The summed E-state index contributed by atoms with van der Waals surface area (Å²) < 4.78 is 10.9. The van der Waals surface area contributed by atoms with Crippen molar-refractivity contribution < 1.29 is 19.1 Å². The number of esters is 1. The Morgan fingerprint density at radius 3 is 2.27 bits per heavy atom. The van der Waals surface area contributed by atoms with Gasteiger partial charge in [-0.05, 0) is 57.2 Å². The molecule has 0 saturated heterocycles. The third-order valence-corrected chi connectivity index (χ3v) is 3.79. The predicted octanol–water partition coefficient (Wildman–Crippen LogP) is 4.12. The third kappa shape index (κ3) is 5.61. The van der Waals surface area contributed by atoms with Gasteiger partial charge < -0.3 is 14.8 Å². The lowest BCUT2D eigenvalue weighted by Gasteiger charge is -2.26. The van der Waals surface area contributed by atoms with Gasteiger partial charge >= 0.3 is 5.97 Å². The van der Waals surface area contributed by atoms with Crippen LogP contribution in [0.2, 0.25) is 10.0 Å². The maximum atomic E-state index is 12.4. The maximum Gasteiger partial charge on any atom is 0.350 e. The molecule has 1 amide bonds. The fourth-order valence-corrected chi connectivity index (χ4v) is 2.11. The van der Waals surface area contributed by atoms with Crippen LogP contribution in [0.25, 0.3) is 0 Å². The van der Waals surface area contributed by atoms with E-state index in [0.717, 1.165) is 0 Å². The van der Waals surface area contributed by atoms with E-state index in [1.54, 1.807) is 50.2 Å². The molecule has 26 heavy (non-hydrogen) atoms. The summed E-state index contributed by atoms with van der Waals surface area (Å²) in [4.78, 5) is 28.5. The van der Waals surface area contributed by atoms with Crippen LogP contribution in [-0.4, -0.2) is 28.6 Å². The average Bonchev–Trinajstić information content (AvgIpc) is 2.58. The average molecular weight is 397 g/mol. The van der Waals surface area contributed by atoms with Crippen LogP contribution in [0.4, 0.5) is 5.82 Å². The zero-order valence-electron chi connectivity index (χ0n) is 14.5. The summed E-state index contributed by atoms with van der Waals surface area (Å²) in [5, 5.41) is 3.54. The molecule has 1 N–H and O–H groups in total. The van der Waals surface area contributed by atoms with Gasteiger partial charge in [-0.2, -0.15) is 0 Å². The first kappa shape index (κ1) is 20.0. The summed E-state index contributed by atoms with van der Waals surface area (Å²) in [6.07, 6.45) is 0.366. The van der Waals surface area contributed by atoms with Gasteiger partial charge in [0, 0.05) is 11.2 Å². The highest BCUT2D eigenvalue weighted by atomic mass is 35.5. The molecule has 6 nitrogen and oxygen atoms in total. The van der Waals surface area contributed by atoms with Crippen molar-refractivity contribution in [2.45, 2.75) is 32.5 Å². The van der Waals surface area contributed by atoms with Crippen molar-refractivity contribution in [3.8, 4) is 5.75 Å². The molecule has 1 aromatic heterocycles. The minimum atomic E-state index is -1.29. The topological polar surface area (TPSA) is 77.5 Å². The number of rotatable bonds is 6. The Balaban J connectivity index is 1.94. The number of ether oxygens (including phenoxy) is 2. The van der Waals surface area contributed by atoms with Gasteiger partial charge in [0.15, 0.2) is 11.7 Å². The highest BCUT2D eigenvalue weighted by molar-refractivity contribution is 6.30. The van der Waals surface area contributed by atoms with Crippen molar-refractivity contribution in [2.75, 3.05) is 5.32 Å². The van der Waals surface area contributed by atoms with Gasteiger partial charge in [0.25, 0.3) is 5.91 Å². The molecule has 0 unspecified atom stereocenters. The minimum absolute atomic E-state index is 0.305. The van der Waals surface area contributed by atoms with Crippen LogP contribution < -0.4 is 10.1 Å². The predicted molar refractivity (Wildman–Crippen MR) is 99.6 cm³/mol. The summed E-state index contributed by atoms with van der Waals surface area (Å²) in [5.41, 5.74) is -1.29. The van der Waals surface area contributed by atoms with Gasteiger partial charge in [0.2, 0.25) is 0 Å². The zero-order valence-corrected chi connectivity index (χ0v) is 16.0. The number of amides is 1. The highest BCUT2D eigenvalue weighted by Crippen LogP contribution is 2.22. The second kappa shape index (κ2) is 8.38. The zero-order chi connectivity index (χ0) is 19.3. The molecule has 0 spiro atoms. The highest BCUT2D eigenvalue weighted by Gasteiger charge is 2.34. The SMILES string of the molecule is C[C@H](OC(=O)C(C)(C)Oc1ccc(Cl)cc1)C(=O)Nc1ccc(Cl)cn1. The van der Waals surface area contributed by atoms with E-state index in [-0.39, 0.29) is 0 Å². The molecule has 0 aliphatic carbocycles. The molecular formula is C18H18Cl2N2O4. The van der Waals surface area contributed by atoms with Crippen molar-refractivity contribution in [3.63, 3.8) is 0 Å². The van der Waals surface area contributed by atoms with Crippen molar-refractivity contribution in [1.29, 1.82) is 0 Å². The monoisotopic (exact) mass is 396 g/mol. The molecule has 0 radical (unpaired) electrons. The van der Waals surface area contributed by atoms with Crippen molar-refractivity contribution in [3.05, 3.63) is 52.6 Å². The lowest BCUT2D eigenvalue weighted by Crippen LogP contribution is -2.43. The quantitative estimate of drug-likeness (QED) is 0.743. The summed E-state index contributed by atoms with van der Waals surface area (Å²) in [5.74, 6) is -0.438. The van der Waals surface area contributed by atoms with Gasteiger partial charge in [0.05, 0.1) is 5.02 Å². The summed E-state index contributed by atoms with van der Waals surface area (Å²) >= 11 is 11.6. The molecule has 0 bridgehead atoms. The number of aromatic nitrogens is 1. The van der Waals surface area contributed by atoms with E-state index in [9.17, 15) is 9.59 Å². The number of carbonyl (C=O) groups is 2. The fraction of sp³-hybridized carbons (Fsp3) is 0.278. The molecule has 2 rings (SSSR count).